The Morgan fingerprint density at radius 1 is 0.556 bits per heavy atom. The molecule has 2 aliphatic rings. The number of allylic oxidation sites excluding steroid dienone is 4. The smallest absolute Gasteiger partial charge is 0.227 e. The van der Waals surface area contributed by atoms with Gasteiger partial charge in [0.05, 0.1) is 28.4 Å². The van der Waals surface area contributed by atoms with E-state index < -0.39 is 0 Å². The van der Waals surface area contributed by atoms with E-state index in [1.54, 1.807) is 0 Å². The van der Waals surface area contributed by atoms with Gasteiger partial charge in [-0.25, -0.2) is 0 Å². The molecule has 0 N–H and O–H groups in total. The molecule has 0 aromatic rings. The highest BCUT2D eigenvalue weighted by Gasteiger charge is 2.30. The summed E-state index contributed by atoms with van der Waals surface area (Å²) in [4.78, 5) is 48.9. The van der Waals surface area contributed by atoms with Crippen molar-refractivity contribution in [1.82, 2.24) is 0 Å². The SMILES string of the molecule is COC1=CC(=O)C(OC)=C(CCCCCC#CCCCCCC2=C(OC)C(=O)C=C(OC)C2=O)C1=O. The van der Waals surface area contributed by atoms with Crippen LogP contribution in [0.25, 0.3) is 0 Å². The average molecular weight is 499 g/mol. The van der Waals surface area contributed by atoms with Crippen molar-refractivity contribution < 1.29 is 38.1 Å². The molecule has 0 aromatic carbocycles. The lowest BCUT2D eigenvalue weighted by atomic mass is 9.94. The maximum absolute atomic E-state index is 12.4. The number of carbonyl (C=O) groups excluding carboxylic acids is 4. The molecule has 0 atom stereocenters. The molecule has 8 nitrogen and oxygen atoms in total. The normalized spacial score (nSPS) is 15.9. The number of unbranched alkanes of at least 4 members (excludes halogenated alkanes) is 6. The quantitative estimate of drug-likeness (QED) is 0.201. The fourth-order valence-corrected chi connectivity index (χ4v) is 4.07. The van der Waals surface area contributed by atoms with Gasteiger partial charge in [0.15, 0.2) is 23.0 Å². The molecule has 0 unspecified atom stereocenters. The van der Waals surface area contributed by atoms with Gasteiger partial charge in [-0.3, -0.25) is 19.2 Å². The predicted molar refractivity (Wildman–Crippen MR) is 132 cm³/mol. The highest BCUT2D eigenvalue weighted by molar-refractivity contribution is 6.21. The van der Waals surface area contributed by atoms with Crippen molar-refractivity contribution in [3.05, 3.63) is 46.3 Å². The second-order valence-electron chi connectivity index (χ2n) is 8.31. The minimum Gasteiger partial charge on any atom is -0.493 e. The summed E-state index contributed by atoms with van der Waals surface area (Å²) < 4.78 is 20.3. The van der Waals surface area contributed by atoms with Crippen LogP contribution in [0.15, 0.2) is 46.3 Å². The number of carbonyl (C=O) groups is 4. The molecule has 0 saturated carbocycles. The first-order chi connectivity index (χ1) is 17.4. The van der Waals surface area contributed by atoms with E-state index >= 15 is 0 Å². The highest BCUT2D eigenvalue weighted by Crippen LogP contribution is 2.26. The molecule has 0 radical (unpaired) electrons. The molecule has 0 amide bonds. The van der Waals surface area contributed by atoms with Gasteiger partial charge in [0, 0.05) is 36.1 Å². The number of rotatable bonds is 14. The maximum Gasteiger partial charge on any atom is 0.227 e. The second kappa shape index (κ2) is 14.7. The first kappa shape index (κ1) is 28.6. The Morgan fingerprint density at radius 2 is 0.944 bits per heavy atom. The molecule has 0 bridgehead atoms. The molecule has 0 fully saturated rings. The zero-order valence-electron chi connectivity index (χ0n) is 21.5. The third kappa shape index (κ3) is 7.45. The van der Waals surface area contributed by atoms with Crippen molar-refractivity contribution in [2.24, 2.45) is 0 Å². The first-order valence-electron chi connectivity index (χ1n) is 12.1. The minimum absolute atomic E-state index is 0.0490. The van der Waals surface area contributed by atoms with Gasteiger partial charge in [-0.15, -0.1) is 11.8 Å². The van der Waals surface area contributed by atoms with E-state index in [4.69, 9.17) is 18.9 Å². The molecule has 36 heavy (non-hydrogen) atoms. The van der Waals surface area contributed by atoms with Crippen molar-refractivity contribution in [2.75, 3.05) is 28.4 Å². The molecule has 0 saturated heterocycles. The number of ketones is 4. The van der Waals surface area contributed by atoms with Crippen molar-refractivity contribution >= 4 is 23.1 Å². The molecule has 0 heterocycles. The van der Waals surface area contributed by atoms with Crippen molar-refractivity contribution in [1.29, 1.82) is 0 Å². The van der Waals surface area contributed by atoms with Crippen LogP contribution in [0.2, 0.25) is 0 Å². The van der Waals surface area contributed by atoms with Crippen LogP contribution in [0, 0.1) is 11.8 Å². The summed E-state index contributed by atoms with van der Waals surface area (Å²) in [5, 5.41) is 0. The molecule has 2 rings (SSSR count). The van der Waals surface area contributed by atoms with Crippen LogP contribution in [-0.4, -0.2) is 51.6 Å². The Hall–Kier alpha value is -3.60. The summed E-state index contributed by atoms with van der Waals surface area (Å²) in [5.41, 5.74) is 0.741. The number of methoxy groups -OCH3 is 4. The minimum atomic E-state index is -0.346. The van der Waals surface area contributed by atoms with Crippen molar-refractivity contribution in [3.63, 3.8) is 0 Å². The molecule has 8 heteroatoms. The average Bonchev–Trinajstić information content (AvgIpc) is 2.87. The van der Waals surface area contributed by atoms with Crippen LogP contribution >= 0.6 is 0 Å². The summed E-state index contributed by atoms with van der Waals surface area (Å²) in [7, 11) is 5.52. The molecular weight excluding hydrogens is 464 g/mol. The Kier molecular flexibility index (Phi) is 11.7. The van der Waals surface area contributed by atoms with Crippen LogP contribution in [0.5, 0.6) is 0 Å². The summed E-state index contributed by atoms with van der Waals surface area (Å²) in [6, 6.07) is 0. The van der Waals surface area contributed by atoms with E-state index in [0.29, 0.717) is 24.0 Å². The van der Waals surface area contributed by atoms with E-state index in [9.17, 15) is 19.2 Å². The molecule has 194 valence electrons. The lowest BCUT2D eigenvalue weighted by Gasteiger charge is -2.17. The Bertz CT molecular complexity index is 977. The summed E-state index contributed by atoms with van der Waals surface area (Å²) in [5.74, 6) is 5.36. The summed E-state index contributed by atoms with van der Waals surface area (Å²) in [6.45, 7) is 0. The number of ether oxygens (including phenoxy) is 4. The molecule has 0 aliphatic heterocycles. The third-order valence-corrected chi connectivity index (χ3v) is 5.95. The van der Waals surface area contributed by atoms with Gasteiger partial charge in [0.2, 0.25) is 23.1 Å². The van der Waals surface area contributed by atoms with Gasteiger partial charge in [-0.2, -0.15) is 0 Å². The highest BCUT2D eigenvalue weighted by atomic mass is 16.5. The van der Waals surface area contributed by atoms with Gasteiger partial charge in [-0.05, 0) is 38.5 Å². The maximum atomic E-state index is 12.4. The lowest BCUT2D eigenvalue weighted by molar-refractivity contribution is -0.120. The fraction of sp³-hybridized carbons (Fsp3) is 0.500. The van der Waals surface area contributed by atoms with Gasteiger partial charge >= 0.3 is 0 Å². The molecule has 2 aliphatic carbocycles. The monoisotopic (exact) mass is 498 g/mol. The van der Waals surface area contributed by atoms with Crippen molar-refractivity contribution in [3.8, 4) is 11.8 Å². The van der Waals surface area contributed by atoms with Gasteiger partial charge in [0.25, 0.3) is 0 Å². The Morgan fingerprint density at radius 3 is 1.28 bits per heavy atom. The lowest BCUT2D eigenvalue weighted by Crippen LogP contribution is -2.21. The second-order valence-corrected chi connectivity index (χ2v) is 8.31. The van der Waals surface area contributed by atoms with Crippen LogP contribution in [0.1, 0.15) is 64.2 Å². The molecule has 0 aromatic heterocycles. The first-order valence-corrected chi connectivity index (χ1v) is 12.1. The van der Waals surface area contributed by atoms with E-state index in [0.717, 1.165) is 51.4 Å². The van der Waals surface area contributed by atoms with Crippen LogP contribution < -0.4 is 0 Å². The summed E-state index contributed by atoms with van der Waals surface area (Å²) in [6.07, 6.45) is 9.83. The van der Waals surface area contributed by atoms with Crippen LogP contribution in [0.3, 0.4) is 0 Å². The standard InChI is InChI=1S/C28H34O8/c1-33-23-17-21(29)27(35-3)19(25(23)31)15-13-11-9-7-5-6-8-10-12-14-16-20-26(32)24(34-2)18-22(30)28(20)36-4/h17-18H,7-16H2,1-4H3. The predicted octanol–water partition coefficient (Wildman–Crippen LogP) is 4.06. The van der Waals surface area contributed by atoms with Crippen LogP contribution in [-0.2, 0) is 38.1 Å². The number of Topliss-reactive ketones (excluding diaryl/α,β-unsaturated/α-hetero) is 2. The molecular formula is C28H34O8. The zero-order chi connectivity index (χ0) is 26.5. The largest absolute Gasteiger partial charge is 0.493 e. The zero-order valence-corrected chi connectivity index (χ0v) is 21.5. The van der Waals surface area contributed by atoms with Gasteiger partial charge in [0.1, 0.15) is 0 Å². The Labute approximate surface area is 212 Å². The van der Waals surface area contributed by atoms with E-state index in [-0.39, 0.29) is 46.2 Å². The van der Waals surface area contributed by atoms with Crippen LogP contribution in [0.4, 0.5) is 0 Å². The number of hydrogen-bond donors (Lipinski definition) is 0. The summed E-state index contributed by atoms with van der Waals surface area (Å²) >= 11 is 0. The number of hydrogen-bond acceptors (Lipinski definition) is 8. The van der Waals surface area contributed by atoms with Gasteiger partial charge < -0.3 is 18.9 Å². The topological polar surface area (TPSA) is 105 Å². The van der Waals surface area contributed by atoms with E-state index in [1.165, 1.54) is 40.6 Å². The fourth-order valence-electron chi connectivity index (χ4n) is 4.07. The van der Waals surface area contributed by atoms with Crippen molar-refractivity contribution in [2.45, 2.75) is 64.2 Å². The molecule has 0 spiro atoms. The Balaban J connectivity index is 1.64. The van der Waals surface area contributed by atoms with E-state index in [2.05, 4.69) is 11.8 Å². The van der Waals surface area contributed by atoms with Gasteiger partial charge in [-0.1, -0.05) is 12.8 Å². The van der Waals surface area contributed by atoms with E-state index in [1.807, 2.05) is 0 Å². The third-order valence-electron chi connectivity index (χ3n) is 5.95.